The molecule has 127 valence electrons. The van der Waals surface area contributed by atoms with Crippen molar-refractivity contribution < 1.29 is 9.13 Å². The number of hydrogen-bond donors (Lipinski definition) is 1. The van der Waals surface area contributed by atoms with Crippen LogP contribution in [0.1, 0.15) is 5.69 Å². The van der Waals surface area contributed by atoms with Crippen LogP contribution in [-0.4, -0.2) is 33.2 Å². The highest BCUT2D eigenvalue weighted by atomic mass is 19.1. The first kappa shape index (κ1) is 15.4. The highest BCUT2D eigenvalue weighted by Gasteiger charge is 2.18. The van der Waals surface area contributed by atoms with Crippen molar-refractivity contribution >= 4 is 17.5 Å². The lowest BCUT2D eigenvalue weighted by atomic mass is 10.2. The molecule has 1 aromatic carbocycles. The minimum Gasteiger partial charge on any atom is -0.486 e. The van der Waals surface area contributed by atoms with Crippen LogP contribution in [0.2, 0.25) is 0 Å². The molecule has 25 heavy (non-hydrogen) atoms. The summed E-state index contributed by atoms with van der Waals surface area (Å²) in [5.74, 6) is 1.28. The summed E-state index contributed by atoms with van der Waals surface area (Å²) in [6.07, 6.45) is 4.96. The maximum Gasteiger partial charge on any atom is 0.229 e. The van der Waals surface area contributed by atoms with Gasteiger partial charge in [0.1, 0.15) is 12.4 Å². The fraction of sp³-hybridized carbons (Fsp3) is 0.176. The molecule has 0 amide bonds. The second kappa shape index (κ2) is 6.04. The van der Waals surface area contributed by atoms with Crippen molar-refractivity contribution in [3.8, 4) is 11.4 Å². The molecule has 0 unspecified atom stereocenters. The minimum absolute atomic E-state index is 0.367. The van der Waals surface area contributed by atoms with Crippen molar-refractivity contribution in [2.75, 3.05) is 23.9 Å². The van der Waals surface area contributed by atoms with Gasteiger partial charge in [-0.1, -0.05) is 0 Å². The summed E-state index contributed by atoms with van der Waals surface area (Å²) in [4.78, 5) is 14.6. The van der Waals surface area contributed by atoms with Crippen molar-refractivity contribution in [3.05, 3.63) is 55.0 Å². The highest BCUT2D eigenvalue weighted by Crippen LogP contribution is 2.30. The van der Waals surface area contributed by atoms with Crippen LogP contribution in [0.25, 0.3) is 5.69 Å². The molecule has 0 atom stereocenters. The van der Waals surface area contributed by atoms with Gasteiger partial charge in [-0.15, -0.1) is 0 Å². The molecule has 1 N–H and O–H groups in total. The van der Waals surface area contributed by atoms with Gasteiger partial charge in [-0.3, -0.25) is 0 Å². The second-order valence-electron chi connectivity index (χ2n) is 5.70. The molecule has 8 heteroatoms. The van der Waals surface area contributed by atoms with E-state index >= 15 is 0 Å². The maximum atomic E-state index is 14.4. The molecule has 0 spiro atoms. The monoisotopic (exact) mass is 339 g/mol. The third-order valence-corrected chi connectivity index (χ3v) is 3.85. The number of nitrogens with one attached hydrogen (secondary N) is 1. The fourth-order valence-corrected chi connectivity index (χ4v) is 2.58. The number of anilines is 3. The molecule has 0 saturated carbocycles. The summed E-state index contributed by atoms with van der Waals surface area (Å²) in [6.45, 7) is 4.22. The van der Waals surface area contributed by atoms with Gasteiger partial charge in [0.25, 0.3) is 0 Å². The van der Waals surface area contributed by atoms with Crippen LogP contribution in [0.4, 0.5) is 21.8 Å². The van der Waals surface area contributed by atoms with Gasteiger partial charge in [0.05, 0.1) is 30.5 Å². The molecule has 0 fully saturated rings. The van der Waals surface area contributed by atoms with E-state index in [0.29, 0.717) is 35.5 Å². The normalized spacial score (nSPS) is 13.3. The molecule has 4 rings (SSSR count). The molecule has 0 saturated heterocycles. The summed E-state index contributed by atoms with van der Waals surface area (Å²) in [5, 5.41) is 3.02. The van der Waals surface area contributed by atoms with Gasteiger partial charge in [-0.05, 0) is 25.1 Å². The summed E-state index contributed by atoms with van der Waals surface area (Å²) < 4.78 is 21.5. The van der Waals surface area contributed by atoms with Crippen molar-refractivity contribution in [1.82, 2.24) is 19.5 Å². The predicted octanol–water partition coefficient (Wildman–Crippen LogP) is 2.84. The Morgan fingerprint density at radius 2 is 2.16 bits per heavy atom. The molecule has 2 aromatic heterocycles. The Bertz CT molecular complexity index is 925. The smallest absolute Gasteiger partial charge is 0.229 e. The van der Waals surface area contributed by atoms with Gasteiger partial charge in [0.2, 0.25) is 5.95 Å². The first-order chi connectivity index (χ1) is 12.1. The summed E-state index contributed by atoms with van der Waals surface area (Å²) in [6, 6.07) is 4.85. The number of benzene rings is 1. The number of ether oxygens (including phenoxy) is 1. The zero-order valence-corrected chi connectivity index (χ0v) is 13.8. The number of aryl methyl sites for hydroxylation is 1. The first-order valence-corrected chi connectivity index (χ1v) is 7.74. The number of halogens is 1. The van der Waals surface area contributed by atoms with Crippen molar-refractivity contribution in [2.24, 2.45) is 0 Å². The standard InChI is InChI=1S/C17H16FN6O/c1-11-9-24(10-20-11)14-4-3-12(7-13(14)18)21-17-19-8-15-16(22-17)23(2)5-6-25-15/h3-5,7-10H,6H2,1-2H3,(H,19,21,22). The van der Waals surface area contributed by atoms with E-state index in [0.717, 1.165) is 5.69 Å². The van der Waals surface area contributed by atoms with Gasteiger partial charge in [-0.25, -0.2) is 14.4 Å². The average Bonchev–Trinajstić information content (AvgIpc) is 3.02. The fourth-order valence-electron chi connectivity index (χ4n) is 2.58. The Kier molecular flexibility index (Phi) is 3.72. The van der Waals surface area contributed by atoms with Gasteiger partial charge in [-0.2, -0.15) is 4.98 Å². The SMILES string of the molecule is Cc1cn(-c2ccc(Nc3ncc4c(n3)N(C)[CH]CO4)cc2F)cn1. The van der Waals surface area contributed by atoms with E-state index in [9.17, 15) is 4.39 Å². The van der Waals surface area contributed by atoms with Crippen LogP contribution in [0.5, 0.6) is 5.75 Å². The Labute approximate surface area is 144 Å². The van der Waals surface area contributed by atoms with E-state index in [4.69, 9.17) is 4.74 Å². The van der Waals surface area contributed by atoms with E-state index in [-0.39, 0.29) is 5.82 Å². The Balaban J connectivity index is 1.59. The quantitative estimate of drug-likeness (QED) is 0.791. The van der Waals surface area contributed by atoms with Gasteiger partial charge in [0, 0.05) is 18.9 Å². The van der Waals surface area contributed by atoms with Crippen LogP contribution >= 0.6 is 0 Å². The van der Waals surface area contributed by atoms with Crippen LogP contribution < -0.4 is 15.0 Å². The Hall–Kier alpha value is -3.16. The highest BCUT2D eigenvalue weighted by molar-refractivity contribution is 5.61. The zero-order valence-electron chi connectivity index (χ0n) is 13.8. The van der Waals surface area contributed by atoms with Crippen LogP contribution in [0.3, 0.4) is 0 Å². The lowest BCUT2D eigenvalue weighted by Crippen LogP contribution is -2.25. The predicted molar refractivity (Wildman–Crippen MR) is 91.8 cm³/mol. The maximum absolute atomic E-state index is 14.4. The van der Waals surface area contributed by atoms with E-state index in [2.05, 4.69) is 20.3 Å². The first-order valence-electron chi connectivity index (χ1n) is 7.74. The average molecular weight is 339 g/mol. The van der Waals surface area contributed by atoms with Crippen molar-refractivity contribution in [1.29, 1.82) is 0 Å². The largest absolute Gasteiger partial charge is 0.486 e. The molecule has 3 heterocycles. The molecule has 0 aliphatic carbocycles. The summed E-state index contributed by atoms with van der Waals surface area (Å²) in [5.41, 5.74) is 1.81. The third-order valence-electron chi connectivity index (χ3n) is 3.85. The molecular weight excluding hydrogens is 323 g/mol. The number of fused-ring (bicyclic) bond motifs is 1. The zero-order chi connectivity index (χ0) is 17.4. The third kappa shape index (κ3) is 2.98. The van der Waals surface area contributed by atoms with Crippen molar-refractivity contribution in [2.45, 2.75) is 6.92 Å². The lowest BCUT2D eigenvalue weighted by Gasteiger charge is -2.25. The van der Waals surface area contributed by atoms with Crippen LogP contribution in [-0.2, 0) is 0 Å². The van der Waals surface area contributed by atoms with Crippen molar-refractivity contribution in [3.63, 3.8) is 0 Å². The molecule has 3 aromatic rings. The number of aromatic nitrogens is 4. The van der Waals surface area contributed by atoms with E-state index in [1.165, 1.54) is 6.07 Å². The number of imidazole rings is 1. The molecule has 7 nitrogen and oxygen atoms in total. The molecule has 1 radical (unpaired) electrons. The molecule has 1 aliphatic rings. The van der Waals surface area contributed by atoms with Crippen LogP contribution in [0, 0.1) is 19.3 Å². The van der Waals surface area contributed by atoms with Gasteiger partial charge in [0.15, 0.2) is 11.6 Å². The topological polar surface area (TPSA) is 68.1 Å². The molecule has 0 bridgehead atoms. The second-order valence-corrected chi connectivity index (χ2v) is 5.70. The lowest BCUT2D eigenvalue weighted by molar-refractivity contribution is 0.330. The molecular formula is C17H16FN6O. The van der Waals surface area contributed by atoms with Gasteiger partial charge < -0.3 is 19.5 Å². The van der Waals surface area contributed by atoms with E-state index in [1.54, 1.807) is 35.4 Å². The van der Waals surface area contributed by atoms with Gasteiger partial charge >= 0.3 is 0 Å². The number of hydrogen-bond acceptors (Lipinski definition) is 6. The Morgan fingerprint density at radius 3 is 2.92 bits per heavy atom. The number of likely N-dealkylation sites (N-methyl/N-ethyl adjacent to an activating group) is 1. The number of rotatable bonds is 3. The minimum atomic E-state index is -0.367. The summed E-state index contributed by atoms with van der Waals surface area (Å²) in [7, 11) is 1.89. The molecule has 1 aliphatic heterocycles. The number of nitrogens with zero attached hydrogens (tertiary/aromatic N) is 5. The van der Waals surface area contributed by atoms with Crippen LogP contribution in [0.15, 0.2) is 36.9 Å². The Morgan fingerprint density at radius 1 is 1.28 bits per heavy atom. The van der Waals surface area contributed by atoms with E-state index in [1.807, 2.05) is 25.4 Å². The summed E-state index contributed by atoms with van der Waals surface area (Å²) >= 11 is 0. The van der Waals surface area contributed by atoms with E-state index < -0.39 is 0 Å².